The van der Waals surface area contributed by atoms with Crippen molar-refractivity contribution >= 4 is 16.8 Å². The SMILES string of the molecule is O=c1c2occc2ccn1-c1ccc(NC2CCCC2)nc1. The summed E-state index contributed by atoms with van der Waals surface area (Å²) < 4.78 is 6.81. The molecule has 5 heteroatoms. The van der Waals surface area contributed by atoms with Gasteiger partial charge < -0.3 is 9.73 Å². The highest BCUT2D eigenvalue weighted by Crippen LogP contribution is 2.21. The van der Waals surface area contributed by atoms with Crippen LogP contribution in [0.2, 0.25) is 0 Å². The molecule has 1 aliphatic rings. The lowest BCUT2D eigenvalue weighted by atomic mass is 10.2. The number of anilines is 1. The molecule has 0 aromatic carbocycles. The smallest absolute Gasteiger partial charge is 0.298 e. The van der Waals surface area contributed by atoms with Crippen LogP contribution >= 0.6 is 0 Å². The normalized spacial score (nSPS) is 15.5. The van der Waals surface area contributed by atoms with Crippen LogP contribution in [-0.4, -0.2) is 15.6 Å². The van der Waals surface area contributed by atoms with Gasteiger partial charge in [0.2, 0.25) is 0 Å². The quantitative estimate of drug-likeness (QED) is 0.805. The molecular weight excluding hydrogens is 278 g/mol. The molecule has 1 aliphatic carbocycles. The van der Waals surface area contributed by atoms with Crippen LogP contribution in [0.1, 0.15) is 25.7 Å². The van der Waals surface area contributed by atoms with E-state index in [1.165, 1.54) is 31.9 Å². The predicted octanol–water partition coefficient (Wildman–Crippen LogP) is 3.33. The standard InChI is InChI=1S/C17H17N3O2/c21-17-16-12(8-10-22-16)7-9-20(17)14-5-6-15(18-11-14)19-13-3-1-2-4-13/h5-11,13H,1-4H2,(H,18,19). The van der Waals surface area contributed by atoms with Gasteiger partial charge in [-0.15, -0.1) is 0 Å². The first-order valence-corrected chi connectivity index (χ1v) is 7.63. The molecule has 5 nitrogen and oxygen atoms in total. The minimum atomic E-state index is -0.166. The molecule has 3 heterocycles. The Hall–Kier alpha value is -2.56. The Morgan fingerprint density at radius 1 is 1.18 bits per heavy atom. The molecule has 0 amide bonds. The molecule has 1 N–H and O–H groups in total. The molecule has 0 atom stereocenters. The highest BCUT2D eigenvalue weighted by Gasteiger charge is 2.15. The van der Waals surface area contributed by atoms with E-state index in [4.69, 9.17) is 4.42 Å². The van der Waals surface area contributed by atoms with Crippen LogP contribution in [0.25, 0.3) is 16.7 Å². The number of furan rings is 1. The second-order valence-electron chi connectivity index (χ2n) is 5.72. The van der Waals surface area contributed by atoms with Gasteiger partial charge in [-0.2, -0.15) is 0 Å². The molecule has 22 heavy (non-hydrogen) atoms. The monoisotopic (exact) mass is 295 g/mol. The second kappa shape index (κ2) is 5.33. The Balaban J connectivity index is 1.63. The van der Waals surface area contributed by atoms with Crippen molar-refractivity contribution in [1.29, 1.82) is 0 Å². The van der Waals surface area contributed by atoms with Crippen molar-refractivity contribution in [2.24, 2.45) is 0 Å². The van der Waals surface area contributed by atoms with Crippen molar-refractivity contribution in [1.82, 2.24) is 9.55 Å². The molecule has 0 unspecified atom stereocenters. The van der Waals surface area contributed by atoms with Gasteiger partial charge in [-0.05, 0) is 37.1 Å². The summed E-state index contributed by atoms with van der Waals surface area (Å²) in [6.07, 6.45) is 9.98. The largest absolute Gasteiger partial charge is 0.459 e. The molecule has 3 aromatic heterocycles. The van der Waals surface area contributed by atoms with Gasteiger partial charge in [0.05, 0.1) is 18.1 Å². The van der Waals surface area contributed by atoms with Crippen molar-refractivity contribution in [2.75, 3.05) is 5.32 Å². The van der Waals surface area contributed by atoms with Crippen molar-refractivity contribution in [3.05, 3.63) is 53.3 Å². The molecule has 1 fully saturated rings. The van der Waals surface area contributed by atoms with Crippen LogP contribution in [0.3, 0.4) is 0 Å². The third-order valence-corrected chi connectivity index (χ3v) is 4.25. The molecule has 4 rings (SSSR count). The number of aromatic nitrogens is 2. The average Bonchev–Trinajstić information content (AvgIpc) is 3.20. The van der Waals surface area contributed by atoms with E-state index in [9.17, 15) is 4.79 Å². The molecule has 112 valence electrons. The Labute approximate surface area is 127 Å². The van der Waals surface area contributed by atoms with Crippen LogP contribution < -0.4 is 10.9 Å². The lowest BCUT2D eigenvalue weighted by molar-refractivity contribution is 0.608. The predicted molar refractivity (Wildman–Crippen MR) is 85.5 cm³/mol. The van der Waals surface area contributed by atoms with Gasteiger partial charge in [0.1, 0.15) is 5.82 Å². The van der Waals surface area contributed by atoms with Crippen molar-refractivity contribution in [3.63, 3.8) is 0 Å². The van der Waals surface area contributed by atoms with E-state index in [1.54, 1.807) is 23.0 Å². The minimum Gasteiger partial charge on any atom is -0.459 e. The molecule has 0 radical (unpaired) electrons. The maximum atomic E-state index is 12.4. The summed E-state index contributed by atoms with van der Waals surface area (Å²) in [5, 5.41) is 4.26. The lowest BCUT2D eigenvalue weighted by Gasteiger charge is -2.13. The van der Waals surface area contributed by atoms with Gasteiger partial charge in [0.25, 0.3) is 5.56 Å². The maximum absolute atomic E-state index is 12.4. The van der Waals surface area contributed by atoms with E-state index < -0.39 is 0 Å². The third kappa shape index (κ3) is 2.28. The summed E-state index contributed by atoms with van der Waals surface area (Å²) >= 11 is 0. The Kier molecular flexibility index (Phi) is 3.18. The molecule has 0 saturated heterocycles. The zero-order valence-electron chi connectivity index (χ0n) is 12.2. The highest BCUT2D eigenvalue weighted by molar-refractivity contribution is 5.76. The molecule has 3 aromatic rings. The van der Waals surface area contributed by atoms with Crippen LogP contribution in [0, 0.1) is 0 Å². The topological polar surface area (TPSA) is 60.1 Å². The van der Waals surface area contributed by atoms with Gasteiger partial charge in [0.15, 0.2) is 5.58 Å². The zero-order chi connectivity index (χ0) is 14.9. The number of nitrogens with zero attached hydrogens (tertiary/aromatic N) is 2. The number of pyridine rings is 2. The number of fused-ring (bicyclic) bond motifs is 1. The fraction of sp³-hybridized carbons (Fsp3) is 0.294. The van der Waals surface area contributed by atoms with Crippen molar-refractivity contribution in [3.8, 4) is 5.69 Å². The van der Waals surface area contributed by atoms with Gasteiger partial charge in [-0.25, -0.2) is 4.98 Å². The fourth-order valence-corrected chi connectivity index (χ4v) is 3.05. The van der Waals surface area contributed by atoms with Crippen molar-refractivity contribution < 1.29 is 4.42 Å². The Morgan fingerprint density at radius 2 is 2.05 bits per heavy atom. The summed E-state index contributed by atoms with van der Waals surface area (Å²) in [5.74, 6) is 0.864. The fourth-order valence-electron chi connectivity index (χ4n) is 3.05. The van der Waals surface area contributed by atoms with Crippen LogP contribution in [0.4, 0.5) is 5.82 Å². The molecule has 0 bridgehead atoms. The molecule has 0 aliphatic heterocycles. The second-order valence-corrected chi connectivity index (χ2v) is 5.72. The summed E-state index contributed by atoms with van der Waals surface area (Å²) in [5.41, 5.74) is 0.941. The number of nitrogens with one attached hydrogen (secondary N) is 1. The molecular formula is C17H17N3O2. The van der Waals surface area contributed by atoms with Gasteiger partial charge in [-0.3, -0.25) is 9.36 Å². The van der Waals surface area contributed by atoms with E-state index in [-0.39, 0.29) is 5.56 Å². The van der Waals surface area contributed by atoms with E-state index in [0.717, 1.165) is 16.9 Å². The van der Waals surface area contributed by atoms with Crippen LogP contribution in [-0.2, 0) is 0 Å². The molecule has 0 spiro atoms. The highest BCUT2D eigenvalue weighted by atomic mass is 16.3. The minimum absolute atomic E-state index is 0.166. The number of hydrogen-bond donors (Lipinski definition) is 1. The van der Waals surface area contributed by atoms with E-state index in [1.807, 2.05) is 18.2 Å². The first-order valence-electron chi connectivity index (χ1n) is 7.63. The summed E-state index contributed by atoms with van der Waals surface area (Å²) in [7, 11) is 0. The van der Waals surface area contributed by atoms with Crippen LogP contribution in [0.15, 0.2) is 52.1 Å². The summed E-state index contributed by atoms with van der Waals surface area (Å²) in [4.78, 5) is 16.8. The van der Waals surface area contributed by atoms with E-state index >= 15 is 0 Å². The first kappa shape index (κ1) is 13.1. The third-order valence-electron chi connectivity index (χ3n) is 4.25. The van der Waals surface area contributed by atoms with E-state index in [2.05, 4.69) is 10.3 Å². The van der Waals surface area contributed by atoms with Gasteiger partial charge >= 0.3 is 0 Å². The maximum Gasteiger partial charge on any atom is 0.298 e. The van der Waals surface area contributed by atoms with Crippen LogP contribution in [0.5, 0.6) is 0 Å². The van der Waals surface area contributed by atoms with Gasteiger partial charge in [-0.1, -0.05) is 12.8 Å². The van der Waals surface area contributed by atoms with Gasteiger partial charge in [0, 0.05) is 17.6 Å². The Morgan fingerprint density at radius 3 is 2.82 bits per heavy atom. The zero-order valence-corrected chi connectivity index (χ0v) is 12.2. The summed E-state index contributed by atoms with van der Waals surface area (Å²) in [6.45, 7) is 0. The Bertz CT molecular complexity index is 842. The van der Waals surface area contributed by atoms with Crippen molar-refractivity contribution in [2.45, 2.75) is 31.7 Å². The van der Waals surface area contributed by atoms with E-state index in [0.29, 0.717) is 11.6 Å². The number of hydrogen-bond acceptors (Lipinski definition) is 4. The summed E-state index contributed by atoms with van der Waals surface area (Å²) in [6, 6.07) is 8.01. The number of rotatable bonds is 3. The average molecular weight is 295 g/mol. The molecule has 1 saturated carbocycles. The lowest BCUT2D eigenvalue weighted by Crippen LogP contribution is -2.18. The first-order chi connectivity index (χ1) is 10.8.